The van der Waals surface area contributed by atoms with Crippen LogP contribution >= 0.6 is 15.9 Å². The number of alkyl halides is 1. The standard InChI is InChI=1S/C15H21BrO2/c1-17-14-7-6-12(10-15(14)18-2)9-13(16)8-11-4-3-5-11/h6-7,10-11,13H,3-5,8-9H2,1-2H3. The molecule has 1 aliphatic carbocycles. The first-order valence-electron chi connectivity index (χ1n) is 6.58. The first-order chi connectivity index (χ1) is 8.72. The lowest BCUT2D eigenvalue weighted by atomic mass is 9.81. The Kier molecular flexibility index (Phi) is 4.93. The molecule has 1 aliphatic rings. The van der Waals surface area contributed by atoms with Gasteiger partial charge in [-0.05, 0) is 36.5 Å². The second kappa shape index (κ2) is 6.46. The molecular weight excluding hydrogens is 292 g/mol. The summed E-state index contributed by atoms with van der Waals surface area (Å²) in [5, 5.41) is 0. The Morgan fingerprint density at radius 1 is 1.22 bits per heavy atom. The Balaban J connectivity index is 1.95. The van der Waals surface area contributed by atoms with Gasteiger partial charge in [-0.25, -0.2) is 0 Å². The van der Waals surface area contributed by atoms with Crippen molar-refractivity contribution in [3.05, 3.63) is 23.8 Å². The zero-order chi connectivity index (χ0) is 13.0. The van der Waals surface area contributed by atoms with E-state index in [0.29, 0.717) is 4.83 Å². The van der Waals surface area contributed by atoms with E-state index in [1.165, 1.54) is 31.2 Å². The highest BCUT2D eigenvalue weighted by molar-refractivity contribution is 9.09. The Labute approximate surface area is 118 Å². The molecule has 18 heavy (non-hydrogen) atoms. The van der Waals surface area contributed by atoms with Crippen molar-refractivity contribution in [2.45, 2.75) is 36.9 Å². The molecule has 0 radical (unpaired) electrons. The minimum absolute atomic E-state index is 0.570. The summed E-state index contributed by atoms with van der Waals surface area (Å²) in [6, 6.07) is 6.18. The molecule has 1 unspecified atom stereocenters. The van der Waals surface area contributed by atoms with E-state index in [0.717, 1.165) is 23.8 Å². The second-order valence-electron chi connectivity index (χ2n) is 5.02. The lowest BCUT2D eigenvalue weighted by Crippen LogP contribution is -2.17. The maximum Gasteiger partial charge on any atom is 0.160 e. The van der Waals surface area contributed by atoms with Crippen molar-refractivity contribution in [1.29, 1.82) is 0 Å². The van der Waals surface area contributed by atoms with Gasteiger partial charge in [-0.15, -0.1) is 0 Å². The molecule has 2 nitrogen and oxygen atoms in total. The summed E-state index contributed by atoms with van der Waals surface area (Å²) < 4.78 is 10.6. The summed E-state index contributed by atoms with van der Waals surface area (Å²) in [4.78, 5) is 0.570. The summed E-state index contributed by atoms with van der Waals surface area (Å²) in [5.74, 6) is 2.55. The number of methoxy groups -OCH3 is 2. The van der Waals surface area contributed by atoms with Crippen LogP contribution in [0.4, 0.5) is 0 Å². The minimum Gasteiger partial charge on any atom is -0.493 e. The van der Waals surface area contributed by atoms with Gasteiger partial charge in [0.2, 0.25) is 0 Å². The van der Waals surface area contributed by atoms with E-state index < -0.39 is 0 Å². The average Bonchev–Trinajstić information content (AvgIpc) is 2.33. The third-order valence-corrected chi connectivity index (χ3v) is 4.42. The van der Waals surface area contributed by atoms with Crippen molar-refractivity contribution in [3.63, 3.8) is 0 Å². The van der Waals surface area contributed by atoms with Crippen LogP contribution in [0.3, 0.4) is 0 Å². The first-order valence-corrected chi connectivity index (χ1v) is 7.49. The van der Waals surface area contributed by atoms with Crippen LogP contribution in [0.1, 0.15) is 31.2 Å². The SMILES string of the molecule is COc1ccc(CC(Br)CC2CCC2)cc1OC. The number of ether oxygens (including phenoxy) is 2. The van der Waals surface area contributed by atoms with Crippen LogP contribution in [0.25, 0.3) is 0 Å². The molecule has 0 N–H and O–H groups in total. The van der Waals surface area contributed by atoms with Crippen molar-refractivity contribution < 1.29 is 9.47 Å². The van der Waals surface area contributed by atoms with Gasteiger partial charge in [0.05, 0.1) is 14.2 Å². The molecule has 100 valence electrons. The Morgan fingerprint density at radius 2 is 1.94 bits per heavy atom. The molecule has 0 aliphatic heterocycles. The Morgan fingerprint density at radius 3 is 2.50 bits per heavy atom. The summed E-state index contributed by atoms with van der Waals surface area (Å²) in [6.45, 7) is 0. The Hall–Kier alpha value is -0.700. The third-order valence-electron chi connectivity index (χ3n) is 3.72. The van der Waals surface area contributed by atoms with Gasteiger partial charge in [0.15, 0.2) is 11.5 Å². The molecule has 1 atom stereocenters. The van der Waals surface area contributed by atoms with Crippen molar-refractivity contribution in [2.24, 2.45) is 5.92 Å². The predicted molar refractivity (Wildman–Crippen MR) is 77.9 cm³/mol. The maximum absolute atomic E-state index is 5.33. The molecule has 2 rings (SSSR count). The molecule has 0 heterocycles. The van der Waals surface area contributed by atoms with Crippen LogP contribution in [0, 0.1) is 5.92 Å². The topological polar surface area (TPSA) is 18.5 Å². The normalized spacial score (nSPS) is 17.1. The zero-order valence-electron chi connectivity index (χ0n) is 11.1. The van der Waals surface area contributed by atoms with Gasteiger partial charge in [0, 0.05) is 4.83 Å². The number of hydrogen-bond acceptors (Lipinski definition) is 2. The van der Waals surface area contributed by atoms with Gasteiger partial charge in [-0.2, -0.15) is 0 Å². The van der Waals surface area contributed by atoms with Gasteiger partial charge < -0.3 is 9.47 Å². The van der Waals surface area contributed by atoms with Crippen LogP contribution < -0.4 is 9.47 Å². The summed E-state index contributed by atoms with van der Waals surface area (Å²) in [5.41, 5.74) is 1.30. The van der Waals surface area contributed by atoms with Gasteiger partial charge >= 0.3 is 0 Å². The van der Waals surface area contributed by atoms with Crippen molar-refractivity contribution >= 4 is 15.9 Å². The summed E-state index contributed by atoms with van der Waals surface area (Å²) in [7, 11) is 3.35. The fourth-order valence-electron chi connectivity index (χ4n) is 2.44. The maximum atomic E-state index is 5.33. The molecule has 1 saturated carbocycles. The molecule has 3 heteroatoms. The van der Waals surface area contributed by atoms with E-state index >= 15 is 0 Å². The molecule has 0 spiro atoms. The fraction of sp³-hybridized carbons (Fsp3) is 0.600. The van der Waals surface area contributed by atoms with E-state index in [2.05, 4.69) is 28.1 Å². The molecule has 1 aromatic carbocycles. The molecule has 0 bridgehead atoms. The molecule has 0 aromatic heterocycles. The minimum atomic E-state index is 0.570. The second-order valence-corrected chi connectivity index (χ2v) is 6.32. The largest absolute Gasteiger partial charge is 0.493 e. The van der Waals surface area contributed by atoms with Gasteiger partial charge in [0.1, 0.15) is 0 Å². The van der Waals surface area contributed by atoms with Crippen LogP contribution in [-0.4, -0.2) is 19.0 Å². The monoisotopic (exact) mass is 312 g/mol. The zero-order valence-corrected chi connectivity index (χ0v) is 12.7. The fourth-order valence-corrected chi connectivity index (χ4v) is 3.34. The van der Waals surface area contributed by atoms with E-state index in [1.807, 2.05) is 6.07 Å². The molecule has 0 amide bonds. The van der Waals surface area contributed by atoms with E-state index in [1.54, 1.807) is 14.2 Å². The van der Waals surface area contributed by atoms with Crippen molar-refractivity contribution in [2.75, 3.05) is 14.2 Å². The highest BCUT2D eigenvalue weighted by Gasteiger charge is 2.21. The number of hydrogen-bond donors (Lipinski definition) is 0. The highest BCUT2D eigenvalue weighted by Crippen LogP contribution is 2.34. The van der Waals surface area contributed by atoms with Crippen LogP contribution in [-0.2, 0) is 6.42 Å². The highest BCUT2D eigenvalue weighted by atomic mass is 79.9. The molecular formula is C15H21BrO2. The quantitative estimate of drug-likeness (QED) is 0.733. The predicted octanol–water partition coefficient (Wildman–Crippen LogP) is 4.20. The van der Waals surface area contributed by atoms with Gasteiger partial charge in [0.25, 0.3) is 0 Å². The Bertz CT molecular complexity index is 388. The lowest BCUT2D eigenvalue weighted by molar-refractivity contribution is 0.294. The number of rotatable bonds is 6. The van der Waals surface area contributed by atoms with E-state index in [-0.39, 0.29) is 0 Å². The third kappa shape index (κ3) is 3.41. The summed E-state index contributed by atoms with van der Waals surface area (Å²) in [6.07, 6.45) is 6.58. The summed E-state index contributed by atoms with van der Waals surface area (Å²) >= 11 is 3.80. The molecule has 0 saturated heterocycles. The van der Waals surface area contributed by atoms with Crippen LogP contribution in [0.15, 0.2) is 18.2 Å². The number of benzene rings is 1. The number of halogens is 1. The smallest absolute Gasteiger partial charge is 0.160 e. The first kappa shape index (κ1) is 13.7. The van der Waals surface area contributed by atoms with Crippen LogP contribution in [0.2, 0.25) is 0 Å². The van der Waals surface area contributed by atoms with Gasteiger partial charge in [-0.3, -0.25) is 0 Å². The molecule has 1 aromatic rings. The van der Waals surface area contributed by atoms with Crippen molar-refractivity contribution in [3.8, 4) is 11.5 Å². The van der Waals surface area contributed by atoms with Gasteiger partial charge in [-0.1, -0.05) is 41.3 Å². The average molecular weight is 313 g/mol. The van der Waals surface area contributed by atoms with Crippen molar-refractivity contribution in [1.82, 2.24) is 0 Å². The van der Waals surface area contributed by atoms with Crippen LogP contribution in [0.5, 0.6) is 11.5 Å². The lowest BCUT2D eigenvalue weighted by Gasteiger charge is -2.27. The molecule has 1 fully saturated rings. The van der Waals surface area contributed by atoms with E-state index in [9.17, 15) is 0 Å². The van der Waals surface area contributed by atoms with E-state index in [4.69, 9.17) is 9.47 Å².